The Balaban J connectivity index is 1.84. The van der Waals surface area contributed by atoms with Gasteiger partial charge in [-0.2, -0.15) is 0 Å². The molecule has 112 valence electrons. The lowest BCUT2D eigenvalue weighted by Crippen LogP contribution is -2.37. The smallest absolute Gasteiger partial charge is 0.127 e. The van der Waals surface area contributed by atoms with Gasteiger partial charge in [-0.25, -0.2) is 4.39 Å². The maximum atomic E-state index is 13.5. The summed E-state index contributed by atoms with van der Waals surface area (Å²) < 4.78 is 19.2. The minimum Gasteiger partial charge on any atom is -0.493 e. The molecule has 1 heterocycles. The molecule has 1 aliphatic rings. The quantitative estimate of drug-likeness (QED) is 0.867. The first kappa shape index (κ1) is 15.3. The number of hydrogen-bond donors (Lipinski definition) is 1. The van der Waals surface area contributed by atoms with Gasteiger partial charge in [0, 0.05) is 18.7 Å². The van der Waals surface area contributed by atoms with Gasteiger partial charge in [0.2, 0.25) is 0 Å². The van der Waals surface area contributed by atoms with Crippen LogP contribution in [0.25, 0.3) is 0 Å². The van der Waals surface area contributed by atoms with Crippen LogP contribution in [0.4, 0.5) is 4.39 Å². The number of nitrogens with one attached hydrogen (secondary N) is 1. The SMILES string of the molecule is CNCc1cc(F)cc(OCCC2CCCCN2C)c1. The van der Waals surface area contributed by atoms with Crippen molar-refractivity contribution in [2.24, 2.45) is 0 Å². The minimum atomic E-state index is -0.234. The Hall–Kier alpha value is -1.13. The van der Waals surface area contributed by atoms with Crippen molar-refractivity contribution in [3.05, 3.63) is 29.6 Å². The van der Waals surface area contributed by atoms with Crippen molar-refractivity contribution in [3.8, 4) is 5.75 Å². The highest BCUT2D eigenvalue weighted by atomic mass is 19.1. The molecular weight excluding hydrogens is 255 g/mol. The van der Waals surface area contributed by atoms with Crippen LogP contribution in [-0.2, 0) is 6.54 Å². The van der Waals surface area contributed by atoms with Crippen LogP contribution >= 0.6 is 0 Å². The van der Waals surface area contributed by atoms with Gasteiger partial charge >= 0.3 is 0 Å². The van der Waals surface area contributed by atoms with Crippen LogP contribution in [-0.4, -0.2) is 38.2 Å². The monoisotopic (exact) mass is 280 g/mol. The molecule has 1 fully saturated rings. The van der Waals surface area contributed by atoms with E-state index in [4.69, 9.17) is 4.74 Å². The van der Waals surface area contributed by atoms with Crippen LogP contribution in [0, 0.1) is 5.82 Å². The molecule has 1 aromatic rings. The van der Waals surface area contributed by atoms with E-state index in [2.05, 4.69) is 17.3 Å². The number of piperidine rings is 1. The molecule has 1 atom stereocenters. The average molecular weight is 280 g/mol. The van der Waals surface area contributed by atoms with E-state index in [1.807, 2.05) is 13.1 Å². The van der Waals surface area contributed by atoms with Crippen LogP contribution in [0.1, 0.15) is 31.2 Å². The Morgan fingerprint density at radius 2 is 2.20 bits per heavy atom. The minimum absolute atomic E-state index is 0.234. The summed E-state index contributed by atoms with van der Waals surface area (Å²) in [6.45, 7) is 2.48. The largest absolute Gasteiger partial charge is 0.493 e. The van der Waals surface area contributed by atoms with Gasteiger partial charge in [-0.3, -0.25) is 0 Å². The maximum Gasteiger partial charge on any atom is 0.127 e. The summed E-state index contributed by atoms with van der Waals surface area (Å²) in [5.41, 5.74) is 0.914. The van der Waals surface area contributed by atoms with Crippen LogP contribution in [0.2, 0.25) is 0 Å². The maximum absolute atomic E-state index is 13.5. The highest BCUT2D eigenvalue weighted by Crippen LogP contribution is 2.20. The third-order valence-electron chi connectivity index (χ3n) is 3.95. The van der Waals surface area contributed by atoms with Crippen LogP contribution < -0.4 is 10.1 Å². The van der Waals surface area contributed by atoms with Crippen molar-refractivity contribution in [1.82, 2.24) is 10.2 Å². The van der Waals surface area contributed by atoms with E-state index in [0.29, 0.717) is 24.9 Å². The number of rotatable bonds is 6. The van der Waals surface area contributed by atoms with Crippen molar-refractivity contribution in [3.63, 3.8) is 0 Å². The summed E-state index contributed by atoms with van der Waals surface area (Å²) in [6, 6.07) is 5.51. The Morgan fingerprint density at radius 3 is 2.95 bits per heavy atom. The van der Waals surface area contributed by atoms with Gasteiger partial charge < -0.3 is 15.0 Å². The molecule has 4 heteroatoms. The zero-order chi connectivity index (χ0) is 14.4. The molecule has 2 rings (SSSR count). The molecule has 0 bridgehead atoms. The first-order chi connectivity index (χ1) is 9.69. The van der Waals surface area contributed by atoms with Crippen molar-refractivity contribution in [2.75, 3.05) is 27.2 Å². The first-order valence-corrected chi connectivity index (χ1v) is 7.46. The molecule has 0 aliphatic carbocycles. The molecule has 0 saturated carbocycles. The molecule has 1 N–H and O–H groups in total. The fourth-order valence-electron chi connectivity index (χ4n) is 2.83. The Morgan fingerprint density at radius 1 is 1.35 bits per heavy atom. The molecule has 1 aromatic carbocycles. The third-order valence-corrected chi connectivity index (χ3v) is 3.95. The molecule has 0 spiro atoms. The van der Waals surface area contributed by atoms with Gasteiger partial charge in [0.15, 0.2) is 0 Å². The highest BCUT2D eigenvalue weighted by Gasteiger charge is 2.18. The van der Waals surface area contributed by atoms with Crippen LogP contribution in [0.3, 0.4) is 0 Å². The van der Waals surface area contributed by atoms with E-state index in [1.54, 1.807) is 0 Å². The lowest BCUT2D eigenvalue weighted by molar-refractivity contribution is 0.153. The van der Waals surface area contributed by atoms with E-state index in [0.717, 1.165) is 12.0 Å². The van der Waals surface area contributed by atoms with Crippen molar-refractivity contribution < 1.29 is 9.13 Å². The molecular formula is C16H25FN2O. The average Bonchev–Trinajstić information content (AvgIpc) is 2.41. The van der Waals surface area contributed by atoms with E-state index in [1.165, 1.54) is 37.9 Å². The molecule has 0 amide bonds. The molecule has 20 heavy (non-hydrogen) atoms. The second-order valence-corrected chi connectivity index (χ2v) is 5.59. The van der Waals surface area contributed by atoms with Gasteiger partial charge in [-0.05, 0) is 57.6 Å². The van der Waals surface area contributed by atoms with Crippen molar-refractivity contribution in [1.29, 1.82) is 0 Å². The van der Waals surface area contributed by atoms with E-state index < -0.39 is 0 Å². The number of halogens is 1. The van der Waals surface area contributed by atoms with Crippen LogP contribution in [0.15, 0.2) is 18.2 Å². The summed E-state index contributed by atoms with van der Waals surface area (Å²) in [5, 5.41) is 3.02. The summed E-state index contributed by atoms with van der Waals surface area (Å²) in [5.74, 6) is 0.399. The lowest BCUT2D eigenvalue weighted by Gasteiger charge is -2.32. The highest BCUT2D eigenvalue weighted by molar-refractivity contribution is 5.29. The zero-order valence-electron chi connectivity index (χ0n) is 12.5. The lowest BCUT2D eigenvalue weighted by atomic mass is 10.0. The molecule has 1 aliphatic heterocycles. The summed E-state index contributed by atoms with van der Waals surface area (Å²) >= 11 is 0. The van der Waals surface area contributed by atoms with Gasteiger partial charge in [-0.15, -0.1) is 0 Å². The Labute approximate surface area is 121 Å². The second-order valence-electron chi connectivity index (χ2n) is 5.59. The normalized spacial score (nSPS) is 20.1. The zero-order valence-corrected chi connectivity index (χ0v) is 12.5. The number of hydrogen-bond acceptors (Lipinski definition) is 3. The van der Waals surface area contributed by atoms with Crippen molar-refractivity contribution >= 4 is 0 Å². The predicted molar refractivity (Wildman–Crippen MR) is 79.5 cm³/mol. The Kier molecular flexibility index (Phi) is 5.80. The summed E-state index contributed by atoms with van der Waals surface area (Å²) in [7, 11) is 4.03. The summed E-state index contributed by atoms with van der Waals surface area (Å²) in [6.07, 6.45) is 4.86. The predicted octanol–water partition coefficient (Wildman–Crippen LogP) is 2.80. The fourth-order valence-corrected chi connectivity index (χ4v) is 2.83. The number of ether oxygens (including phenoxy) is 1. The fraction of sp³-hybridized carbons (Fsp3) is 0.625. The molecule has 3 nitrogen and oxygen atoms in total. The molecule has 1 saturated heterocycles. The third kappa shape index (κ3) is 4.46. The molecule has 1 unspecified atom stereocenters. The van der Waals surface area contributed by atoms with Gasteiger partial charge in [0.1, 0.15) is 11.6 Å². The van der Waals surface area contributed by atoms with Gasteiger partial charge in [0.25, 0.3) is 0 Å². The van der Waals surface area contributed by atoms with Gasteiger partial charge in [0.05, 0.1) is 6.61 Å². The number of nitrogens with zero attached hydrogens (tertiary/aromatic N) is 1. The summed E-state index contributed by atoms with van der Waals surface area (Å²) in [4.78, 5) is 2.41. The van der Waals surface area contributed by atoms with E-state index >= 15 is 0 Å². The van der Waals surface area contributed by atoms with Crippen LogP contribution in [0.5, 0.6) is 5.75 Å². The number of likely N-dealkylation sites (tertiary alicyclic amines) is 1. The van der Waals surface area contributed by atoms with Gasteiger partial charge in [-0.1, -0.05) is 6.42 Å². The Bertz CT molecular complexity index is 425. The van der Waals surface area contributed by atoms with E-state index in [-0.39, 0.29) is 5.82 Å². The first-order valence-electron chi connectivity index (χ1n) is 7.46. The van der Waals surface area contributed by atoms with E-state index in [9.17, 15) is 4.39 Å². The number of benzene rings is 1. The second kappa shape index (κ2) is 7.60. The standard InChI is InChI=1S/C16H25FN2O/c1-18-12-13-9-14(17)11-16(10-13)20-8-6-15-5-3-4-7-19(15)2/h9-11,15,18H,3-8,12H2,1-2H3. The molecule has 0 aromatic heterocycles. The van der Waals surface area contributed by atoms with Crippen molar-refractivity contribution in [2.45, 2.75) is 38.3 Å². The topological polar surface area (TPSA) is 24.5 Å². The molecule has 0 radical (unpaired) electrons.